The second-order valence-corrected chi connectivity index (χ2v) is 23.0. The molecular weight excluding hydrogens is 999 g/mol. The van der Waals surface area contributed by atoms with Crippen LogP contribution in [0, 0.1) is 16.2 Å². The van der Waals surface area contributed by atoms with Gasteiger partial charge in [-0.15, -0.1) is 0 Å². The highest BCUT2D eigenvalue weighted by Gasteiger charge is 2.50. The summed E-state index contributed by atoms with van der Waals surface area (Å²) in [6, 6.07) is 8.34. The molecule has 7 N–H and O–H groups in total. The number of aryl methyl sites for hydroxylation is 2. The molecule has 29 heteroatoms. The van der Waals surface area contributed by atoms with Crippen LogP contribution in [0.3, 0.4) is 0 Å². The lowest BCUT2D eigenvalue weighted by Gasteiger charge is -2.36. The Kier molecular flexibility index (Phi) is 18.2. The van der Waals surface area contributed by atoms with Crippen molar-refractivity contribution in [3.63, 3.8) is 0 Å². The summed E-state index contributed by atoms with van der Waals surface area (Å²) in [5.41, 5.74) is 5.55. The number of ether oxygens (including phenoxy) is 1. The van der Waals surface area contributed by atoms with E-state index in [4.69, 9.17) is 10.5 Å². The number of phosphoric acid groups is 3. The number of fused-ring (bicyclic) bond motifs is 1. The molecule has 2 saturated carbocycles. The van der Waals surface area contributed by atoms with Crippen molar-refractivity contribution < 1.29 is 90.4 Å². The van der Waals surface area contributed by atoms with Crippen LogP contribution in [0.2, 0.25) is 0 Å². The van der Waals surface area contributed by atoms with E-state index in [1.807, 2.05) is 6.07 Å². The molecule has 3 aliphatic rings. The summed E-state index contributed by atoms with van der Waals surface area (Å²) in [5.74, 6) is -2.21. The number of ketones is 1. The molecule has 0 bridgehead atoms. The third-order valence-corrected chi connectivity index (χ3v) is 16.0. The fourth-order valence-electron chi connectivity index (χ4n) is 8.40. The number of hydrogen-bond donors (Lipinski definition) is 6. The number of unbranched alkanes of at least 4 members (excludes halogenated alkanes) is 1. The molecule has 2 aliphatic carbocycles. The van der Waals surface area contributed by atoms with E-state index >= 15 is 0 Å². The highest BCUT2D eigenvalue weighted by atomic mass is 31.3. The number of anilines is 1. The van der Waals surface area contributed by atoms with Crippen LogP contribution >= 0.6 is 23.5 Å². The first-order valence-corrected chi connectivity index (χ1v) is 27.3. The van der Waals surface area contributed by atoms with Gasteiger partial charge in [-0.1, -0.05) is 44.5 Å². The number of Topliss-reactive ketones (excluding diaryl/α,β-unsaturated/α-hetero) is 1. The molecular formula is C42H58N7O19P3-4. The van der Waals surface area contributed by atoms with Gasteiger partial charge in [-0.05, 0) is 75.3 Å². The molecule has 7 atom stereocenters. The van der Waals surface area contributed by atoms with Crippen molar-refractivity contribution >= 4 is 64.0 Å². The number of hydrogen-bond acceptors (Lipinski definition) is 22. The van der Waals surface area contributed by atoms with E-state index in [0.29, 0.717) is 6.42 Å². The first-order chi connectivity index (χ1) is 33.2. The number of aliphatic hydroxyl groups is 2. The molecule has 1 aliphatic heterocycles. The van der Waals surface area contributed by atoms with Crippen molar-refractivity contribution in [2.45, 2.75) is 128 Å². The Labute approximate surface area is 407 Å². The fraction of sp³-hybridized carbons (Fsp3) is 0.643. The quantitative estimate of drug-likeness (QED) is 0.0384. The Hall–Kier alpha value is -4.10. The molecule has 3 heterocycles. The Morgan fingerprint density at radius 2 is 1.55 bits per heavy atom. The highest BCUT2D eigenvalue weighted by molar-refractivity contribution is 7.59. The average Bonchev–Trinajstić information content (AvgIpc) is 4.20. The lowest BCUT2D eigenvalue weighted by atomic mass is 9.87. The highest BCUT2D eigenvalue weighted by Crippen LogP contribution is 2.57. The topological polar surface area (TPSA) is 412 Å². The van der Waals surface area contributed by atoms with Gasteiger partial charge >= 0.3 is 5.97 Å². The van der Waals surface area contributed by atoms with Gasteiger partial charge in [0, 0.05) is 36.8 Å². The zero-order valence-corrected chi connectivity index (χ0v) is 41.6. The fourth-order valence-corrected chi connectivity index (χ4v) is 11.1. The van der Waals surface area contributed by atoms with Gasteiger partial charge in [0.25, 0.3) is 15.6 Å². The lowest BCUT2D eigenvalue weighted by molar-refractivity contribution is -0.347. The monoisotopic (exact) mass is 1060 g/mol. The van der Waals surface area contributed by atoms with E-state index in [1.165, 1.54) is 25.0 Å². The number of carbonyl (C=O) groups is 4. The van der Waals surface area contributed by atoms with Crippen LogP contribution in [0.5, 0.6) is 0 Å². The van der Waals surface area contributed by atoms with Crippen molar-refractivity contribution in [2.24, 2.45) is 16.2 Å². The van der Waals surface area contributed by atoms with Crippen molar-refractivity contribution in [1.82, 2.24) is 30.2 Å². The zero-order valence-electron chi connectivity index (χ0n) is 39.0. The number of imidazole rings is 1. The number of carboxylic acid groups (broad SMARTS) is 1. The van der Waals surface area contributed by atoms with Crippen molar-refractivity contribution in [2.75, 3.05) is 32.0 Å². The third kappa shape index (κ3) is 15.5. The normalized spacial score (nSPS) is 22.5. The molecule has 6 rings (SSSR count). The van der Waals surface area contributed by atoms with E-state index < -0.39 is 101 Å². The van der Waals surface area contributed by atoms with E-state index in [1.54, 1.807) is 0 Å². The summed E-state index contributed by atoms with van der Waals surface area (Å²) in [6.07, 6.45) is 1.31. The van der Waals surface area contributed by atoms with Crippen molar-refractivity contribution in [3.8, 4) is 0 Å². The summed E-state index contributed by atoms with van der Waals surface area (Å²) < 4.78 is 61.0. The standard InChI is InChI=1S/C42H62N7O19P3/c1-40(2,23-65-71(62,63)68-70(60,61)64-22-28-33(67-69(57,58)59)32(52)38(66-28)49-25-48-31-35(43)46-24-47-36(31)49)34(53)37(54)45-20-12-30(51)44-19-11-29(50)41(15-16-41)14-6-10-27-9-5-8-26(21-27)7-3-4-13-42(17-18-42)39(55)56/h5,8-9,21,24-25,28,32-34,38,52-53H,3-4,6-7,10-20,22-23H2,1-2H3,(H,44,51)(H,45,54)(H,55,56)(H,60,61)(H,62,63)(H2,43,46,47)(H2,57,58,59)/p-4. The van der Waals surface area contributed by atoms with Gasteiger partial charge in [0.15, 0.2) is 17.7 Å². The number of aliphatic carboxylic acids is 1. The number of rotatable bonds is 30. The van der Waals surface area contributed by atoms with Gasteiger partial charge in [-0.2, -0.15) is 0 Å². The molecule has 2 amide bonds. The lowest BCUT2D eigenvalue weighted by Crippen LogP contribution is -2.46. The smallest absolute Gasteiger partial charge is 0.309 e. The summed E-state index contributed by atoms with van der Waals surface area (Å²) >= 11 is 0. The molecule has 3 aromatic rings. The maximum atomic E-state index is 13.1. The van der Waals surface area contributed by atoms with Crippen LogP contribution in [-0.4, -0.2) is 109 Å². The molecule has 394 valence electrons. The first kappa shape index (κ1) is 56.2. The molecule has 7 unspecified atom stereocenters. The van der Waals surface area contributed by atoms with Crippen molar-refractivity contribution in [3.05, 3.63) is 48.0 Å². The van der Waals surface area contributed by atoms with Crippen LogP contribution in [0.15, 0.2) is 36.9 Å². The third-order valence-electron chi connectivity index (χ3n) is 13.0. The Balaban J connectivity index is 0.865. The number of carboxylic acids is 1. The molecule has 1 aromatic carbocycles. The predicted octanol–water partition coefficient (Wildman–Crippen LogP) is 0.217. The first-order valence-electron chi connectivity index (χ1n) is 22.9. The molecule has 3 fully saturated rings. The average molecular weight is 1060 g/mol. The zero-order chi connectivity index (χ0) is 52.0. The van der Waals surface area contributed by atoms with E-state index in [2.05, 4.69) is 61.7 Å². The number of aromatic nitrogens is 4. The minimum absolute atomic E-state index is 0.0261. The number of amides is 2. The number of benzene rings is 1. The number of aliphatic hydroxyl groups excluding tert-OH is 2. The maximum absolute atomic E-state index is 13.1. The number of phosphoric ester groups is 3. The van der Waals surface area contributed by atoms with Gasteiger partial charge < -0.3 is 74.1 Å². The Morgan fingerprint density at radius 3 is 2.20 bits per heavy atom. The summed E-state index contributed by atoms with van der Waals surface area (Å²) in [4.78, 5) is 110. The van der Waals surface area contributed by atoms with Crippen LogP contribution in [0.1, 0.15) is 102 Å². The van der Waals surface area contributed by atoms with E-state index in [0.717, 1.165) is 81.4 Å². The molecule has 0 radical (unpaired) electrons. The number of nitrogen functional groups attached to an aromatic ring is 1. The maximum Gasteiger partial charge on any atom is 0.309 e. The Morgan fingerprint density at radius 1 is 0.915 bits per heavy atom. The predicted molar refractivity (Wildman–Crippen MR) is 238 cm³/mol. The van der Waals surface area contributed by atoms with E-state index in [-0.39, 0.29) is 48.7 Å². The molecule has 0 spiro atoms. The summed E-state index contributed by atoms with van der Waals surface area (Å²) in [5, 5.41) is 35.9. The van der Waals surface area contributed by atoms with Gasteiger partial charge in [0.05, 0.1) is 32.8 Å². The SMILES string of the molecule is CC(C)(COP(=O)([O-])OP(=O)([O-])OCC1OC(n2cnc3c(N)ncnc32)C(O)C1OP(=O)([O-])[O-])C(O)C(=O)NCCC(=O)NCCC(=O)C1(CCCc2cccc(CCCCC3(C(=O)O)CC3)c2)CC1. The molecule has 1 saturated heterocycles. The number of nitrogens with zero attached hydrogens (tertiary/aromatic N) is 4. The van der Waals surface area contributed by atoms with Crippen LogP contribution < -0.4 is 35.9 Å². The van der Waals surface area contributed by atoms with Gasteiger partial charge in [0.1, 0.15) is 42.0 Å². The minimum Gasteiger partial charge on any atom is -0.790 e. The van der Waals surface area contributed by atoms with Crippen LogP contribution in [0.4, 0.5) is 5.82 Å². The Bertz CT molecular complexity index is 2550. The van der Waals surface area contributed by atoms with Crippen molar-refractivity contribution in [1.29, 1.82) is 0 Å². The van der Waals surface area contributed by atoms with Crippen LogP contribution in [0.25, 0.3) is 11.2 Å². The van der Waals surface area contributed by atoms with Gasteiger partial charge in [0.2, 0.25) is 11.8 Å². The number of nitrogens with one attached hydrogen (secondary N) is 2. The minimum atomic E-state index is -5.94. The van der Waals surface area contributed by atoms with Gasteiger partial charge in [-0.25, -0.2) is 19.3 Å². The van der Waals surface area contributed by atoms with E-state index in [9.17, 15) is 67.8 Å². The summed E-state index contributed by atoms with van der Waals surface area (Å²) in [6.45, 7) is -0.0536. The van der Waals surface area contributed by atoms with Gasteiger partial charge in [-0.3, -0.25) is 32.9 Å². The molecule has 2 aromatic heterocycles. The second kappa shape index (κ2) is 23.0. The molecule has 71 heavy (non-hydrogen) atoms. The second-order valence-electron chi connectivity index (χ2n) is 18.9. The van der Waals surface area contributed by atoms with Crippen LogP contribution in [-0.2, 0) is 68.3 Å². The largest absolute Gasteiger partial charge is 0.790 e. The number of carbonyl (C=O) groups excluding carboxylic acids is 3. The summed E-state index contributed by atoms with van der Waals surface area (Å²) in [7, 11) is -17.7. The number of nitrogens with two attached hydrogens (primary N) is 1. The molecule has 26 nitrogen and oxygen atoms in total.